The van der Waals surface area contributed by atoms with E-state index in [-0.39, 0.29) is 18.0 Å². The average molecular weight is 289 g/mol. The third-order valence-corrected chi connectivity index (χ3v) is 4.45. The molecule has 1 aliphatic rings. The highest BCUT2D eigenvalue weighted by Gasteiger charge is 2.27. The smallest absolute Gasteiger partial charge is 0.237 e. The first-order valence-electron chi connectivity index (χ1n) is 7.88. The summed E-state index contributed by atoms with van der Waals surface area (Å²) in [4.78, 5) is 14.7. The van der Waals surface area contributed by atoms with E-state index in [9.17, 15) is 4.79 Å². The van der Waals surface area contributed by atoms with Crippen LogP contribution in [0, 0.1) is 0 Å². The normalized spacial score (nSPS) is 22.5. The van der Waals surface area contributed by atoms with Crippen molar-refractivity contribution in [1.82, 2.24) is 15.5 Å². The largest absolute Gasteiger partial charge is 0.348 e. The van der Waals surface area contributed by atoms with Gasteiger partial charge >= 0.3 is 0 Å². The van der Waals surface area contributed by atoms with Gasteiger partial charge in [0.2, 0.25) is 5.91 Å². The molecule has 21 heavy (non-hydrogen) atoms. The minimum atomic E-state index is -0.0766. The monoisotopic (exact) mass is 289 g/mol. The molecule has 116 valence electrons. The van der Waals surface area contributed by atoms with Crippen LogP contribution >= 0.6 is 0 Å². The van der Waals surface area contributed by atoms with Crippen molar-refractivity contribution >= 4 is 5.91 Å². The van der Waals surface area contributed by atoms with Crippen molar-refractivity contribution in [1.29, 1.82) is 0 Å². The van der Waals surface area contributed by atoms with Crippen molar-refractivity contribution < 1.29 is 4.79 Å². The Labute approximate surface area is 127 Å². The topological polar surface area (TPSA) is 44.4 Å². The molecule has 1 amide bonds. The molecule has 4 nitrogen and oxygen atoms in total. The molecule has 2 N–H and O–H groups in total. The molecule has 1 aliphatic heterocycles. The second-order valence-electron chi connectivity index (χ2n) is 5.94. The van der Waals surface area contributed by atoms with Crippen LogP contribution < -0.4 is 10.6 Å². The highest BCUT2D eigenvalue weighted by Crippen LogP contribution is 2.15. The van der Waals surface area contributed by atoms with Crippen LogP contribution in [0.2, 0.25) is 0 Å². The maximum atomic E-state index is 12.4. The van der Waals surface area contributed by atoms with Crippen molar-refractivity contribution in [2.75, 3.05) is 20.1 Å². The van der Waals surface area contributed by atoms with Crippen molar-refractivity contribution in [2.24, 2.45) is 0 Å². The third kappa shape index (κ3) is 4.29. The summed E-state index contributed by atoms with van der Waals surface area (Å²) in [5, 5.41) is 6.45. The number of hydrogen-bond acceptors (Lipinski definition) is 3. The molecule has 0 spiro atoms. The Balaban J connectivity index is 1.90. The van der Waals surface area contributed by atoms with E-state index in [4.69, 9.17) is 0 Å². The number of rotatable bonds is 5. The Morgan fingerprint density at radius 1 is 1.29 bits per heavy atom. The van der Waals surface area contributed by atoms with Gasteiger partial charge in [-0.25, -0.2) is 0 Å². The fraction of sp³-hybridized carbons (Fsp3) is 0.588. The number of carbonyl (C=O) groups is 1. The Kier molecular flexibility index (Phi) is 5.76. The van der Waals surface area contributed by atoms with Gasteiger partial charge in [0.15, 0.2) is 0 Å². The molecule has 4 heteroatoms. The fourth-order valence-electron chi connectivity index (χ4n) is 2.92. The summed E-state index contributed by atoms with van der Waals surface area (Å²) < 4.78 is 0. The lowest BCUT2D eigenvalue weighted by Crippen LogP contribution is -2.52. The predicted molar refractivity (Wildman–Crippen MR) is 86.1 cm³/mol. The van der Waals surface area contributed by atoms with E-state index >= 15 is 0 Å². The lowest BCUT2D eigenvalue weighted by Gasteiger charge is -2.36. The lowest BCUT2D eigenvalue weighted by molar-refractivity contribution is -0.127. The van der Waals surface area contributed by atoms with E-state index in [1.54, 1.807) is 0 Å². The summed E-state index contributed by atoms with van der Waals surface area (Å²) >= 11 is 0. The Bertz CT molecular complexity index is 449. The molecule has 1 aromatic carbocycles. The van der Waals surface area contributed by atoms with Gasteiger partial charge in [0, 0.05) is 12.6 Å². The number of likely N-dealkylation sites (N-methyl/N-ethyl adjacent to an activating group) is 1. The van der Waals surface area contributed by atoms with Crippen LogP contribution in [0.1, 0.15) is 38.3 Å². The summed E-state index contributed by atoms with van der Waals surface area (Å²) in [5.74, 6) is 0.114. The first-order valence-corrected chi connectivity index (χ1v) is 7.88. The molecule has 2 rings (SSSR count). The number of hydrogen-bond donors (Lipinski definition) is 2. The fourth-order valence-corrected chi connectivity index (χ4v) is 2.92. The van der Waals surface area contributed by atoms with Crippen LogP contribution in [0.4, 0.5) is 0 Å². The molecule has 3 atom stereocenters. The molecule has 0 radical (unpaired) electrons. The number of likely N-dealkylation sites (tertiary alicyclic amines) is 1. The van der Waals surface area contributed by atoms with Gasteiger partial charge in [0.25, 0.3) is 0 Å². The first kappa shape index (κ1) is 16.0. The van der Waals surface area contributed by atoms with Gasteiger partial charge in [-0.3, -0.25) is 9.69 Å². The van der Waals surface area contributed by atoms with Gasteiger partial charge in [-0.15, -0.1) is 0 Å². The summed E-state index contributed by atoms with van der Waals surface area (Å²) in [6, 6.07) is 10.6. The molecule has 0 bridgehead atoms. The Morgan fingerprint density at radius 3 is 2.67 bits per heavy atom. The van der Waals surface area contributed by atoms with Crippen LogP contribution in [0.5, 0.6) is 0 Å². The van der Waals surface area contributed by atoms with E-state index in [0.717, 1.165) is 25.1 Å². The van der Waals surface area contributed by atoms with Crippen LogP contribution in [0.3, 0.4) is 0 Å². The number of amides is 1. The minimum absolute atomic E-state index is 0.0473. The van der Waals surface area contributed by atoms with E-state index in [2.05, 4.69) is 15.5 Å². The molecule has 0 aromatic heterocycles. The van der Waals surface area contributed by atoms with Gasteiger partial charge in [0.1, 0.15) is 0 Å². The van der Waals surface area contributed by atoms with Gasteiger partial charge in [-0.2, -0.15) is 0 Å². The van der Waals surface area contributed by atoms with E-state index < -0.39 is 0 Å². The molecule has 1 saturated heterocycles. The van der Waals surface area contributed by atoms with E-state index in [1.165, 1.54) is 6.42 Å². The number of piperidine rings is 1. The van der Waals surface area contributed by atoms with Crippen LogP contribution in [0.15, 0.2) is 30.3 Å². The van der Waals surface area contributed by atoms with E-state index in [1.807, 2.05) is 51.2 Å². The Morgan fingerprint density at radius 2 is 2.00 bits per heavy atom. The van der Waals surface area contributed by atoms with Gasteiger partial charge in [-0.1, -0.05) is 30.3 Å². The molecule has 1 fully saturated rings. The first-order chi connectivity index (χ1) is 10.1. The Hall–Kier alpha value is -1.39. The van der Waals surface area contributed by atoms with Crippen LogP contribution in [-0.4, -0.2) is 43.0 Å². The summed E-state index contributed by atoms with van der Waals surface area (Å²) in [7, 11) is 2.00. The summed E-state index contributed by atoms with van der Waals surface area (Å²) in [5.41, 5.74) is 1.14. The lowest BCUT2D eigenvalue weighted by atomic mass is 10.0. The highest BCUT2D eigenvalue weighted by molar-refractivity contribution is 5.81. The van der Waals surface area contributed by atoms with Crippen LogP contribution in [-0.2, 0) is 4.79 Å². The zero-order chi connectivity index (χ0) is 15.2. The molecule has 0 saturated carbocycles. The van der Waals surface area contributed by atoms with E-state index in [0.29, 0.717) is 6.04 Å². The minimum Gasteiger partial charge on any atom is -0.348 e. The molecule has 3 unspecified atom stereocenters. The SMILES string of the molecule is CNC1CCCN(C(C)C(=O)NC(C)c2ccccc2)C1. The standard InChI is InChI=1S/C17H27N3O/c1-13(15-8-5-4-6-9-15)19-17(21)14(2)20-11-7-10-16(12-20)18-3/h4-6,8-9,13-14,16,18H,7,10-12H2,1-3H3,(H,19,21). The summed E-state index contributed by atoms with van der Waals surface area (Å²) in [6.07, 6.45) is 2.35. The molecular formula is C17H27N3O. The van der Waals surface area contributed by atoms with Crippen molar-refractivity contribution in [2.45, 2.75) is 44.8 Å². The predicted octanol–water partition coefficient (Wildman–Crippen LogP) is 1.94. The quantitative estimate of drug-likeness (QED) is 0.870. The molecular weight excluding hydrogens is 262 g/mol. The molecule has 1 heterocycles. The van der Waals surface area contributed by atoms with Gasteiger partial charge < -0.3 is 10.6 Å². The second kappa shape index (κ2) is 7.57. The van der Waals surface area contributed by atoms with Crippen molar-refractivity contribution in [3.05, 3.63) is 35.9 Å². The molecule has 1 aromatic rings. The average Bonchev–Trinajstić information content (AvgIpc) is 2.54. The van der Waals surface area contributed by atoms with Crippen molar-refractivity contribution in [3.63, 3.8) is 0 Å². The van der Waals surface area contributed by atoms with Gasteiger partial charge in [0.05, 0.1) is 12.1 Å². The van der Waals surface area contributed by atoms with Crippen molar-refractivity contribution in [3.8, 4) is 0 Å². The third-order valence-electron chi connectivity index (χ3n) is 4.45. The molecule has 0 aliphatic carbocycles. The maximum absolute atomic E-state index is 12.4. The highest BCUT2D eigenvalue weighted by atomic mass is 16.2. The maximum Gasteiger partial charge on any atom is 0.237 e. The zero-order valence-electron chi connectivity index (χ0n) is 13.3. The van der Waals surface area contributed by atoms with Gasteiger partial charge in [-0.05, 0) is 45.8 Å². The number of nitrogens with one attached hydrogen (secondary N) is 2. The zero-order valence-corrected chi connectivity index (χ0v) is 13.3. The second-order valence-corrected chi connectivity index (χ2v) is 5.94. The van der Waals surface area contributed by atoms with Crippen LogP contribution in [0.25, 0.3) is 0 Å². The summed E-state index contributed by atoms with van der Waals surface area (Å²) in [6.45, 7) is 5.99. The number of benzene rings is 1. The number of carbonyl (C=O) groups excluding carboxylic acids is 1. The number of nitrogens with zero attached hydrogens (tertiary/aromatic N) is 1.